The lowest BCUT2D eigenvalue weighted by Gasteiger charge is -2.15. The van der Waals surface area contributed by atoms with Crippen molar-refractivity contribution in [2.45, 2.75) is 24.7 Å². The van der Waals surface area contributed by atoms with Gasteiger partial charge in [0.2, 0.25) is 5.91 Å². The molecule has 0 aliphatic rings. The summed E-state index contributed by atoms with van der Waals surface area (Å²) in [5.41, 5.74) is 1.02. The Kier molecular flexibility index (Phi) is 8.80. The van der Waals surface area contributed by atoms with Crippen LogP contribution in [0.15, 0.2) is 60.3 Å². The van der Waals surface area contributed by atoms with Crippen LogP contribution in [0.2, 0.25) is 15.1 Å². The fourth-order valence-electron chi connectivity index (χ4n) is 2.87. The summed E-state index contributed by atoms with van der Waals surface area (Å²) in [7, 11) is 0. The highest BCUT2D eigenvalue weighted by molar-refractivity contribution is 7.99. The Morgan fingerprint density at radius 2 is 1.85 bits per heavy atom. The van der Waals surface area contributed by atoms with Crippen LogP contribution in [0.25, 0.3) is 0 Å². The summed E-state index contributed by atoms with van der Waals surface area (Å²) >= 11 is 19.0. The molecule has 0 saturated heterocycles. The van der Waals surface area contributed by atoms with Crippen molar-refractivity contribution in [3.8, 4) is 0 Å². The summed E-state index contributed by atoms with van der Waals surface area (Å²) in [4.78, 5) is 24.9. The molecule has 2 N–H and O–H groups in total. The van der Waals surface area contributed by atoms with Crippen LogP contribution in [0.3, 0.4) is 0 Å². The number of allylic oxidation sites excluding steroid dienone is 1. The number of nitrogens with zero attached hydrogens (tertiary/aromatic N) is 3. The van der Waals surface area contributed by atoms with E-state index in [0.29, 0.717) is 43.8 Å². The molecule has 3 aromatic rings. The van der Waals surface area contributed by atoms with Gasteiger partial charge < -0.3 is 15.2 Å². The van der Waals surface area contributed by atoms with E-state index in [-0.39, 0.29) is 17.6 Å². The third kappa shape index (κ3) is 6.74. The summed E-state index contributed by atoms with van der Waals surface area (Å²) < 4.78 is 1.80. The standard InChI is InChI=1S/C22H20Cl3N5O2S/c1-3-10-30-20(13(2)26-21(32)14-4-6-15(23)7-5-14)28-29-22(30)33-12-19(31)27-16-8-9-17(24)18(25)11-16/h3-9,11,13H,1,10,12H2,2H3,(H,26,32)(H,27,31)/t13-/m0/s1. The number of hydrogen-bond donors (Lipinski definition) is 2. The second-order valence-electron chi connectivity index (χ2n) is 6.91. The molecule has 0 aliphatic carbocycles. The summed E-state index contributed by atoms with van der Waals surface area (Å²) in [5.74, 6) is 0.144. The first kappa shape index (κ1) is 25.1. The Labute approximate surface area is 210 Å². The maximum absolute atomic E-state index is 12.5. The predicted molar refractivity (Wildman–Crippen MR) is 133 cm³/mol. The second kappa shape index (κ2) is 11.6. The maximum atomic E-state index is 12.5. The molecule has 1 atom stereocenters. The SMILES string of the molecule is C=CCn1c(SCC(=O)Nc2ccc(Cl)c(Cl)c2)nnc1[C@H](C)NC(=O)c1ccc(Cl)cc1. The lowest BCUT2D eigenvalue weighted by atomic mass is 10.2. The van der Waals surface area contributed by atoms with Crippen LogP contribution in [0.5, 0.6) is 0 Å². The molecule has 33 heavy (non-hydrogen) atoms. The molecule has 0 fully saturated rings. The van der Waals surface area contributed by atoms with Crippen LogP contribution in [0, 0.1) is 0 Å². The van der Waals surface area contributed by atoms with Crippen LogP contribution in [-0.2, 0) is 11.3 Å². The first-order valence-electron chi connectivity index (χ1n) is 9.76. The molecule has 7 nitrogen and oxygen atoms in total. The molecule has 0 unspecified atom stereocenters. The molecule has 0 bridgehead atoms. The van der Waals surface area contributed by atoms with E-state index in [0.717, 1.165) is 0 Å². The number of carbonyl (C=O) groups is 2. The first-order valence-corrected chi connectivity index (χ1v) is 11.9. The zero-order chi connectivity index (χ0) is 24.0. The number of nitrogens with one attached hydrogen (secondary N) is 2. The molecule has 11 heteroatoms. The Morgan fingerprint density at radius 1 is 1.12 bits per heavy atom. The highest BCUT2D eigenvalue weighted by Crippen LogP contribution is 2.26. The molecule has 2 aromatic carbocycles. The van der Waals surface area contributed by atoms with Gasteiger partial charge in [-0.3, -0.25) is 9.59 Å². The van der Waals surface area contributed by atoms with E-state index in [1.165, 1.54) is 11.8 Å². The highest BCUT2D eigenvalue weighted by atomic mass is 35.5. The third-order valence-corrected chi connectivity index (χ3v) is 6.39. The van der Waals surface area contributed by atoms with Gasteiger partial charge in [-0.25, -0.2) is 0 Å². The van der Waals surface area contributed by atoms with Crippen molar-refractivity contribution < 1.29 is 9.59 Å². The lowest BCUT2D eigenvalue weighted by molar-refractivity contribution is -0.113. The van der Waals surface area contributed by atoms with Crippen LogP contribution in [-0.4, -0.2) is 32.3 Å². The smallest absolute Gasteiger partial charge is 0.251 e. The Bertz CT molecular complexity index is 1170. The van der Waals surface area contributed by atoms with Crippen molar-refractivity contribution in [2.75, 3.05) is 11.1 Å². The molecule has 0 radical (unpaired) electrons. The monoisotopic (exact) mass is 523 g/mol. The average molecular weight is 525 g/mol. The Balaban J connectivity index is 1.65. The van der Waals surface area contributed by atoms with Gasteiger partial charge in [0, 0.05) is 22.8 Å². The molecule has 1 heterocycles. The molecule has 3 rings (SSSR count). The third-order valence-electron chi connectivity index (χ3n) is 4.43. The predicted octanol–water partition coefficient (Wildman–Crippen LogP) is 5.65. The van der Waals surface area contributed by atoms with Crippen molar-refractivity contribution in [1.82, 2.24) is 20.1 Å². The zero-order valence-corrected chi connectivity index (χ0v) is 20.6. The van der Waals surface area contributed by atoms with E-state index in [2.05, 4.69) is 27.4 Å². The summed E-state index contributed by atoms with van der Waals surface area (Å²) in [6.07, 6.45) is 1.69. The van der Waals surface area contributed by atoms with E-state index in [1.807, 2.05) is 6.92 Å². The molecular weight excluding hydrogens is 505 g/mol. The van der Waals surface area contributed by atoms with E-state index < -0.39 is 6.04 Å². The second-order valence-corrected chi connectivity index (χ2v) is 9.10. The minimum absolute atomic E-state index is 0.0983. The van der Waals surface area contributed by atoms with Crippen molar-refractivity contribution >= 4 is 64.1 Å². The summed E-state index contributed by atoms with van der Waals surface area (Å²) in [5, 5.41) is 15.9. The maximum Gasteiger partial charge on any atom is 0.251 e. The van der Waals surface area contributed by atoms with Crippen LogP contribution in [0.1, 0.15) is 29.1 Å². The van der Waals surface area contributed by atoms with Crippen LogP contribution in [0.4, 0.5) is 5.69 Å². The number of thioether (sulfide) groups is 1. The summed E-state index contributed by atoms with van der Waals surface area (Å²) in [6.45, 7) is 6.00. The van der Waals surface area contributed by atoms with Crippen molar-refractivity contribution in [1.29, 1.82) is 0 Å². The van der Waals surface area contributed by atoms with E-state index >= 15 is 0 Å². The van der Waals surface area contributed by atoms with Gasteiger partial charge >= 0.3 is 0 Å². The molecule has 172 valence electrons. The number of carbonyl (C=O) groups excluding carboxylic acids is 2. The number of hydrogen-bond acceptors (Lipinski definition) is 5. The number of aromatic nitrogens is 3. The van der Waals surface area contributed by atoms with Crippen molar-refractivity contribution in [3.05, 3.63) is 81.6 Å². The number of rotatable bonds is 9. The Morgan fingerprint density at radius 3 is 2.52 bits per heavy atom. The molecule has 2 amide bonds. The number of halogens is 3. The van der Waals surface area contributed by atoms with Crippen LogP contribution < -0.4 is 10.6 Å². The zero-order valence-electron chi connectivity index (χ0n) is 17.5. The molecule has 1 aromatic heterocycles. The van der Waals surface area contributed by atoms with Crippen LogP contribution >= 0.6 is 46.6 Å². The molecule has 0 spiro atoms. The van der Waals surface area contributed by atoms with E-state index in [1.54, 1.807) is 53.1 Å². The summed E-state index contributed by atoms with van der Waals surface area (Å²) in [6, 6.07) is 11.0. The molecule has 0 aliphatic heterocycles. The topological polar surface area (TPSA) is 88.9 Å². The van der Waals surface area contributed by atoms with Gasteiger partial charge in [0.1, 0.15) is 0 Å². The van der Waals surface area contributed by atoms with Gasteiger partial charge in [-0.2, -0.15) is 0 Å². The van der Waals surface area contributed by atoms with Gasteiger partial charge in [-0.1, -0.05) is 52.6 Å². The fraction of sp³-hybridized carbons (Fsp3) is 0.182. The first-order chi connectivity index (χ1) is 15.8. The quantitative estimate of drug-likeness (QED) is 0.279. The minimum atomic E-state index is -0.431. The van der Waals surface area contributed by atoms with Crippen molar-refractivity contribution in [3.63, 3.8) is 0 Å². The van der Waals surface area contributed by atoms with Gasteiger partial charge in [-0.15, -0.1) is 16.8 Å². The highest BCUT2D eigenvalue weighted by Gasteiger charge is 2.20. The minimum Gasteiger partial charge on any atom is -0.342 e. The molecule has 0 saturated carbocycles. The number of amides is 2. The van der Waals surface area contributed by atoms with Gasteiger partial charge in [-0.05, 0) is 49.4 Å². The normalized spacial score (nSPS) is 11.6. The number of anilines is 1. The van der Waals surface area contributed by atoms with Gasteiger partial charge in [0.15, 0.2) is 11.0 Å². The average Bonchev–Trinajstić information content (AvgIpc) is 3.18. The Hall–Kier alpha value is -2.52. The largest absolute Gasteiger partial charge is 0.342 e. The number of benzene rings is 2. The lowest BCUT2D eigenvalue weighted by Crippen LogP contribution is -2.28. The van der Waals surface area contributed by atoms with Gasteiger partial charge in [0.25, 0.3) is 5.91 Å². The van der Waals surface area contributed by atoms with E-state index in [4.69, 9.17) is 34.8 Å². The fourth-order valence-corrected chi connectivity index (χ4v) is 4.05. The van der Waals surface area contributed by atoms with Crippen molar-refractivity contribution in [2.24, 2.45) is 0 Å². The van der Waals surface area contributed by atoms with E-state index in [9.17, 15) is 9.59 Å². The molecular formula is C22H20Cl3N5O2S. The van der Waals surface area contributed by atoms with Gasteiger partial charge in [0.05, 0.1) is 21.8 Å².